The molecule has 0 radical (unpaired) electrons. The van der Waals surface area contributed by atoms with Crippen LogP contribution in [0.2, 0.25) is 5.02 Å². The maximum atomic E-state index is 6.32. The average molecular weight is 290 g/mol. The highest BCUT2D eigenvalue weighted by Gasteiger charge is 2.08. The summed E-state index contributed by atoms with van der Waals surface area (Å²) in [5.74, 6) is 0. The number of nitrogens with zero attached hydrogens (tertiary/aromatic N) is 2. The molecule has 1 atom stereocenters. The molecule has 2 aromatic rings. The fraction of sp³-hybridized carbons (Fsp3) is 0.312. The van der Waals surface area contributed by atoms with Gasteiger partial charge in [0.1, 0.15) is 0 Å². The van der Waals surface area contributed by atoms with E-state index in [9.17, 15) is 0 Å². The molecule has 1 heterocycles. The second-order valence-corrected chi connectivity index (χ2v) is 5.54. The first-order chi connectivity index (χ1) is 9.56. The minimum Gasteiger partial charge on any atom is -0.369 e. The van der Waals surface area contributed by atoms with Gasteiger partial charge in [-0.1, -0.05) is 23.7 Å². The van der Waals surface area contributed by atoms with Crippen LogP contribution < -0.4 is 10.6 Å². The largest absolute Gasteiger partial charge is 0.369 e. The van der Waals surface area contributed by atoms with Gasteiger partial charge in [0.2, 0.25) is 0 Å². The second-order valence-electron chi connectivity index (χ2n) is 5.13. The third kappa shape index (κ3) is 3.95. The Labute approximate surface area is 125 Å². The molecule has 0 aliphatic heterocycles. The first kappa shape index (κ1) is 14.8. The summed E-state index contributed by atoms with van der Waals surface area (Å²) in [5, 5.41) is 0.771. The SMILES string of the molecule is CC(N)Cc1ccc(N(C)Cc2ccccn2)cc1Cl. The van der Waals surface area contributed by atoms with Crippen LogP contribution in [0.25, 0.3) is 0 Å². The minimum absolute atomic E-state index is 0.115. The van der Waals surface area contributed by atoms with Gasteiger partial charge in [-0.3, -0.25) is 4.98 Å². The standard InChI is InChI=1S/C16H20ClN3/c1-12(18)9-13-6-7-15(10-16(13)17)20(2)11-14-5-3-4-8-19-14/h3-8,10,12H,9,11,18H2,1-2H3. The number of hydrogen-bond donors (Lipinski definition) is 1. The van der Waals surface area contributed by atoms with Crippen molar-refractivity contribution >= 4 is 17.3 Å². The number of hydrogen-bond acceptors (Lipinski definition) is 3. The molecule has 1 unspecified atom stereocenters. The number of halogens is 1. The third-order valence-corrected chi connectivity index (χ3v) is 3.50. The van der Waals surface area contributed by atoms with Crippen LogP contribution in [0, 0.1) is 0 Å². The molecule has 0 fully saturated rings. The summed E-state index contributed by atoms with van der Waals surface area (Å²) in [6.07, 6.45) is 2.60. The molecule has 1 aromatic carbocycles. The molecule has 0 aliphatic rings. The van der Waals surface area contributed by atoms with Gasteiger partial charge < -0.3 is 10.6 Å². The molecule has 3 nitrogen and oxygen atoms in total. The van der Waals surface area contributed by atoms with E-state index in [0.29, 0.717) is 0 Å². The van der Waals surface area contributed by atoms with Gasteiger partial charge in [-0.25, -0.2) is 0 Å². The van der Waals surface area contributed by atoms with Crippen molar-refractivity contribution in [2.24, 2.45) is 5.73 Å². The lowest BCUT2D eigenvalue weighted by Crippen LogP contribution is -2.19. The number of rotatable bonds is 5. The van der Waals surface area contributed by atoms with Crippen molar-refractivity contribution in [1.82, 2.24) is 4.98 Å². The molecule has 0 amide bonds. The monoisotopic (exact) mass is 289 g/mol. The summed E-state index contributed by atoms with van der Waals surface area (Å²) in [4.78, 5) is 6.46. The van der Waals surface area contributed by atoms with Gasteiger partial charge >= 0.3 is 0 Å². The Morgan fingerprint density at radius 3 is 2.70 bits per heavy atom. The highest BCUT2D eigenvalue weighted by molar-refractivity contribution is 6.31. The van der Waals surface area contributed by atoms with Crippen molar-refractivity contribution in [2.45, 2.75) is 25.9 Å². The lowest BCUT2D eigenvalue weighted by atomic mass is 10.1. The Hall–Kier alpha value is -1.58. The molecule has 0 saturated heterocycles. The predicted octanol–water partition coefficient (Wildman–Crippen LogP) is 3.26. The van der Waals surface area contributed by atoms with Gasteiger partial charge in [0.05, 0.1) is 12.2 Å². The van der Waals surface area contributed by atoms with Crippen molar-refractivity contribution in [2.75, 3.05) is 11.9 Å². The van der Waals surface area contributed by atoms with Crippen LogP contribution in [0.3, 0.4) is 0 Å². The van der Waals surface area contributed by atoms with E-state index in [-0.39, 0.29) is 6.04 Å². The molecule has 0 saturated carbocycles. The molecule has 1 aromatic heterocycles. The van der Waals surface area contributed by atoms with Gasteiger partial charge in [-0.2, -0.15) is 0 Å². The molecule has 0 bridgehead atoms. The highest BCUT2D eigenvalue weighted by atomic mass is 35.5. The Balaban J connectivity index is 2.11. The number of pyridine rings is 1. The Morgan fingerprint density at radius 1 is 1.30 bits per heavy atom. The van der Waals surface area contributed by atoms with Crippen molar-refractivity contribution in [3.8, 4) is 0 Å². The fourth-order valence-corrected chi connectivity index (χ4v) is 2.36. The van der Waals surface area contributed by atoms with Gasteiger partial charge in [0.15, 0.2) is 0 Å². The summed E-state index contributed by atoms with van der Waals surface area (Å²) in [6, 6.07) is 12.2. The van der Waals surface area contributed by atoms with Crippen LogP contribution in [-0.2, 0) is 13.0 Å². The summed E-state index contributed by atoms with van der Waals surface area (Å²) in [5.41, 5.74) is 9.02. The van der Waals surface area contributed by atoms with E-state index in [1.54, 1.807) is 0 Å². The molecular weight excluding hydrogens is 270 g/mol. The van der Waals surface area contributed by atoms with Crippen LogP contribution in [-0.4, -0.2) is 18.1 Å². The van der Waals surface area contributed by atoms with E-state index in [4.69, 9.17) is 17.3 Å². The van der Waals surface area contributed by atoms with Crippen LogP contribution in [0.1, 0.15) is 18.2 Å². The van der Waals surface area contributed by atoms with Gasteiger partial charge in [-0.15, -0.1) is 0 Å². The van der Waals surface area contributed by atoms with Crippen LogP contribution in [0.4, 0.5) is 5.69 Å². The summed E-state index contributed by atoms with van der Waals surface area (Å²) in [6.45, 7) is 2.74. The molecule has 4 heteroatoms. The van der Waals surface area contributed by atoms with E-state index in [1.165, 1.54) is 0 Å². The number of aromatic nitrogens is 1. The zero-order chi connectivity index (χ0) is 14.5. The molecule has 2 N–H and O–H groups in total. The molecule has 2 rings (SSSR count). The summed E-state index contributed by atoms with van der Waals surface area (Å²) in [7, 11) is 2.03. The Morgan fingerprint density at radius 2 is 2.10 bits per heavy atom. The van der Waals surface area contributed by atoms with E-state index in [2.05, 4.69) is 22.0 Å². The van der Waals surface area contributed by atoms with E-state index >= 15 is 0 Å². The zero-order valence-corrected chi connectivity index (χ0v) is 12.6. The lowest BCUT2D eigenvalue weighted by molar-refractivity contribution is 0.738. The van der Waals surface area contributed by atoms with E-state index in [0.717, 1.165) is 34.9 Å². The quantitative estimate of drug-likeness (QED) is 0.919. The number of benzene rings is 1. The fourth-order valence-electron chi connectivity index (χ4n) is 2.11. The Kier molecular flexibility index (Phi) is 4.99. The third-order valence-electron chi connectivity index (χ3n) is 3.14. The van der Waals surface area contributed by atoms with Crippen LogP contribution in [0.15, 0.2) is 42.6 Å². The van der Waals surface area contributed by atoms with Gasteiger partial charge in [0.25, 0.3) is 0 Å². The van der Waals surface area contributed by atoms with Gasteiger partial charge in [0, 0.05) is 30.0 Å². The molecular formula is C16H20ClN3. The van der Waals surface area contributed by atoms with Crippen LogP contribution in [0.5, 0.6) is 0 Å². The molecule has 106 valence electrons. The highest BCUT2D eigenvalue weighted by Crippen LogP contribution is 2.24. The average Bonchev–Trinajstić information content (AvgIpc) is 2.41. The topological polar surface area (TPSA) is 42.1 Å². The second kappa shape index (κ2) is 6.73. The summed E-state index contributed by atoms with van der Waals surface area (Å²) >= 11 is 6.32. The minimum atomic E-state index is 0.115. The Bertz CT molecular complexity index is 555. The van der Waals surface area contributed by atoms with Crippen molar-refractivity contribution in [3.63, 3.8) is 0 Å². The summed E-state index contributed by atoms with van der Waals surface area (Å²) < 4.78 is 0. The smallest absolute Gasteiger partial charge is 0.0598 e. The van der Waals surface area contributed by atoms with E-state index < -0.39 is 0 Å². The molecule has 0 spiro atoms. The molecule has 0 aliphatic carbocycles. The first-order valence-electron chi connectivity index (χ1n) is 6.71. The van der Waals surface area contributed by atoms with E-state index in [1.807, 2.05) is 44.4 Å². The van der Waals surface area contributed by atoms with Crippen molar-refractivity contribution in [1.29, 1.82) is 0 Å². The maximum Gasteiger partial charge on any atom is 0.0598 e. The molecule has 20 heavy (non-hydrogen) atoms. The first-order valence-corrected chi connectivity index (χ1v) is 7.09. The van der Waals surface area contributed by atoms with Crippen molar-refractivity contribution < 1.29 is 0 Å². The lowest BCUT2D eigenvalue weighted by Gasteiger charge is -2.20. The van der Waals surface area contributed by atoms with Crippen LogP contribution >= 0.6 is 11.6 Å². The van der Waals surface area contributed by atoms with Crippen molar-refractivity contribution in [3.05, 3.63) is 58.9 Å². The normalized spacial score (nSPS) is 12.2. The zero-order valence-electron chi connectivity index (χ0n) is 11.9. The predicted molar refractivity (Wildman–Crippen MR) is 85.1 cm³/mol. The van der Waals surface area contributed by atoms with Gasteiger partial charge in [-0.05, 0) is 43.2 Å². The maximum absolute atomic E-state index is 6.32. The number of nitrogens with two attached hydrogens (primary N) is 1. The number of anilines is 1.